The second-order valence-electron chi connectivity index (χ2n) is 6.73. The highest BCUT2D eigenvalue weighted by Gasteiger charge is 2.23. The first-order chi connectivity index (χ1) is 11.7. The van der Waals surface area contributed by atoms with Crippen LogP contribution in [0, 0.1) is 0 Å². The van der Waals surface area contributed by atoms with E-state index in [4.69, 9.17) is 9.47 Å². The molecule has 2 fully saturated rings. The second kappa shape index (κ2) is 8.38. The summed E-state index contributed by atoms with van der Waals surface area (Å²) in [6.07, 6.45) is 6.07. The van der Waals surface area contributed by atoms with Gasteiger partial charge in [-0.3, -0.25) is 4.79 Å². The van der Waals surface area contributed by atoms with E-state index in [0.717, 1.165) is 63.2 Å². The third kappa shape index (κ3) is 4.63. The first kappa shape index (κ1) is 17.1. The summed E-state index contributed by atoms with van der Waals surface area (Å²) in [7, 11) is 1.69. The number of nitrogens with zero attached hydrogens (tertiary/aromatic N) is 1. The summed E-state index contributed by atoms with van der Waals surface area (Å²) in [4.78, 5) is 14.5. The van der Waals surface area contributed by atoms with E-state index >= 15 is 0 Å². The number of hydrogen-bond donors (Lipinski definition) is 1. The first-order valence-electron chi connectivity index (χ1n) is 9.04. The summed E-state index contributed by atoms with van der Waals surface area (Å²) in [5.74, 6) is 1.03. The van der Waals surface area contributed by atoms with Crippen molar-refractivity contribution in [2.45, 2.75) is 50.7 Å². The fourth-order valence-electron chi connectivity index (χ4n) is 3.60. The predicted molar refractivity (Wildman–Crippen MR) is 94.6 cm³/mol. The van der Waals surface area contributed by atoms with Crippen LogP contribution in [0.15, 0.2) is 24.3 Å². The lowest BCUT2D eigenvalue weighted by atomic mass is 10.0. The number of ether oxygens (including phenoxy) is 2. The van der Waals surface area contributed by atoms with E-state index in [0.29, 0.717) is 6.42 Å². The fraction of sp³-hybridized carbons (Fsp3) is 0.632. The van der Waals surface area contributed by atoms with Crippen molar-refractivity contribution in [1.29, 1.82) is 0 Å². The van der Waals surface area contributed by atoms with Crippen LogP contribution >= 0.6 is 0 Å². The maximum absolute atomic E-state index is 12.2. The molecule has 0 spiro atoms. The highest BCUT2D eigenvalue weighted by atomic mass is 16.5. The van der Waals surface area contributed by atoms with Crippen molar-refractivity contribution in [3.63, 3.8) is 0 Å². The van der Waals surface area contributed by atoms with Gasteiger partial charge >= 0.3 is 0 Å². The Morgan fingerprint density at radius 1 is 1.38 bits per heavy atom. The molecule has 0 radical (unpaired) electrons. The topological polar surface area (TPSA) is 50.8 Å². The van der Waals surface area contributed by atoms with Crippen molar-refractivity contribution >= 4 is 11.6 Å². The van der Waals surface area contributed by atoms with E-state index in [2.05, 4.69) is 22.3 Å². The minimum absolute atomic E-state index is 0.156. The maximum Gasteiger partial charge on any atom is 0.220 e. The monoisotopic (exact) mass is 332 g/mol. The Kier molecular flexibility index (Phi) is 5.96. The number of carbonyl (C=O) groups excluding carboxylic acids is 1. The molecule has 1 N–H and O–H groups in total. The Balaban J connectivity index is 1.48. The van der Waals surface area contributed by atoms with E-state index in [-0.39, 0.29) is 18.1 Å². The van der Waals surface area contributed by atoms with Crippen molar-refractivity contribution in [3.05, 3.63) is 24.3 Å². The standard InChI is InChI=1S/C19H28N2O3/c1-23-18-7-2-6-16(13-18)21-11-3-5-15(14-21)20-19(22)10-9-17-8-4-12-24-17/h2,6-7,13,15,17H,3-5,8-12,14H2,1H3,(H,20,22)/t15-,17-/m0/s1. The number of methoxy groups -OCH3 is 1. The molecule has 0 aliphatic carbocycles. The minimum Gasteiger partial charge on any atom is -0.497 e. The molecule has 0 unspecified atom stereocenters. The van der Waals surface area contributed by atoms with E-state index < -0.39 is 0 Å². The normalized spacial score (nSPS) is 24.0. The van der Waals surface area contributed by atoms with Crippen LogP contribution in [-0.2, 0) is 9.53 Å². The van der Waals surface area contributed by atoms with Crippen molar-refractivity contribution in [2.24, 2.45) is 0 Å². The fourth-order valence-corrected chi connectivity index (χ4v) is 3.60. The smallest absolute Gasteiger partial charge is 0.220 e. The Hall–Kier alpha value is -1.75. The van der Waals surface area contributed by atoms with E-state index in [1.165, 1.54) is 0 Å². The maximum atomic E-state index is 12.2. The highest BCUT2D eigenvalue weighted by molar-refractivity contribution is 5.76. The predicted octanol–water partition coefficient (Wildman–Crippen LogP) is 2.74. The lowest BCUT2D eigenvalue weighted by Gasteiger charge is -2.35. The number of benzene rings is 1. The molecule has 5 heteroatoms. The Bertz CT molecular complexity index is 543. The molecule has 2 aliphatic rings. The van der Waals surface area contributed by atoms with Crippen LogP contribution in [0.25, 0.3) is 0 Å². The lowest BCUT2D eigenvalue weighted by molar-refractivity contribution is -0.122. The molecule has 2 heterocycles. The van der Waals surface area contributed by atoms with Crippen LogP contribution in [0.4, 0.5) is 5.69 Å². The Morgan fingerprint density at radius 3 is 3.08 bits per heavy atom. The molecule has 0 aromatic heterocycles. The summed E-state index contributed by atoms with van der Waals surface area (Å²) in [5, 5.41) is 3.20. The van der Waals surface area contributed by atoms with Crippen molar-refractivity contribution in [2.75, 3.05) is 31.7 Å². The Labute approximate surface area is 144 Å². The summed E-state index contributed by atoms with van der Waals surface area (Å²) in [6, 6.07) is 8.35. The number of carbonyl (C=O) groups is 1. The molecule has 5 nitrogen and oxygen atoms in total. The highest BCUT2D eigenvalue weighted by Crippen LogP contribution is 2.24. The molecule has 3 rings (SSSR count). The molecule has 2 atom stereocenters. The number of piperidine rings is 1. The minimum atomic E-state index is 0.156. The van der Waals surface area contributed by atoms with Crippen LogP contribution in [0.5, 0.6) is 5.75 Å². The zero-order valence-electron chi connectivity index (χ0n) is 14.5. The van der Waals surface area contributed by atoms with Crippen molar-refractivity contribution in [1.82, 2.24) is 5.32 Å². The van der Waals surface area contributed by atoms with Gasteiger partial charge in [-0.25, -0.2) is 0 Å². The zero-order valence-corrected chi connectivity index (χ0v) is 14.5. The average molecular weight is 332 g/mol. The van der Waals surface area contributed by atoms with Gasteiger partial charge in [-0.1, -0.05) is 6.07 Å². The van der Waals surface area contributed by atoms with Crippen LogP contribution < -0.4 is 15.0 Å². The zero-order chi connectivity index (χ0) is 16.8. The molecule has 24 heavy (non-hydrogen) atoms. The Morgan fingerprint density at radius 2 is 2.29 bits per heavy atom. The van der Waals surface area contributed by atoms with Crippen LogP contribution in [0.2, 0.25) is 0 Å². The number of hydrogen-bond acceptors (Lipinski definition) is 4. The second-order valence-corrected chi connectivity index (χ2v) is 6.73. The van der Waals surface area contributed by atoms with Crippen molar-refractivity contribution < 1.29 is 14.3 Å². The van der Waals surface area contributed by atoms with Gasteiger partial charge in [0.2, 0.25) is 5.91 Å². The largest absolute Gasteiger partial charge is 0.497 e. The van der Waals surface area contributed by atoms with Crippen LogP contribution in [-0.4, -0.2) is 44.9 Å². The molecular weight excluding hydrogens is 304 g/mol. The molecular formula is C19H28N2O3. The molecule has 132 valence electrons. The lowest BCUT2D eigenvalue weighted by Crippen LogP contribution is -2.47. The van der Waals surface area contributed by atoms with Gasteiger partial charge in [-0.05, 0) is 44.2 Å². The van der Waals surface area contributed by atoms with Crippen LogP contribution in [0.1, 0.15) is 38.5 Å². The molecule has 1 amide bonds. The van der Waals surface area contributed by atoms with Gasteiger partial charge in [0.1, 0.15) is 5.75 Å². The summed E-state index contributed by atoms with van der Waals surface area (Å²) in [5.41, 5.74) is 1.16. The summed E-state index contributed by atoms with van der Waals surface area (Å²) < 4.78 is 10.9. The van der Waals surface area contributed by atoms with E-state index in [1.54, 1.807) is 7.11 Å². The number of amides is 1. The third-order valence-electron chi connectivity index (χ3n) is 4.92. The van der Waals surface area contributed by atoms with E-state index in [1.807, 2.05) is 12.1 Å². The van der Waals surface area contributed by atoms with Gasteiger partial charge in [0.05, 0.1) is 13.2 Å². The van der Waals surface area contributed by atoms with Gasteiger partial charge in [0.25, 0.3) is 0 Å². The van der Waals surface area contributed by atoms with Gasteiger partial charge < -0.3 is 19.7 Å². The third-order valence-corrected chi connectivity index (χ3v) is 4.92. The molecule has 2 saturated heterocycles. The first-order valence-corrected chi connectivity index (χ1v) is 9.04. The molecule has 0 saturated carbocycles. The number of nitrogens with one attached hydrogen (secondary N) is 1. The molecule has 1 aromatic carbocycles. The summed E-state index contributed by atoms with van der Waals surface area (Å²) >= 11 is 0. The average Bonchev–Trinajstić information content (AvgIpc) is 3.14. The van der Waals surface area contributed by atoms with E-state index in [9.17, 15) is 4.79 Å². The molecule has 0 bridgehead atoms. The molecule has 2 aliphatic heterocycles. The SMILES string of the molecule is COc1cccc(N2CCC[C@H](NC(=O)CC[C@@H]3CCCO3)C2)c1. The quantitative estimate of drug-likeness (QED) is 0.870. The van der Waals surface area contributed by atoms with Gasteiger partial charge in [0, 0.05) is 43.9 Å². The summed E-state index contributed by atoms with van der Waals surface area (Å²) in [6.45, 7) is 2.73. The van der Waals surface area contributed by atoms with Crippen molar-refractivity contribution in [3.8, 4) is 5.75 Å². The number of anilines is 1. The van der Waals surface area contributed by atoms with Gasteiger partial charge in [-0.2, -0.15) is 0 Å². The number of rotatable bonds is 6. The van der Waals surface area contributed by atoms with Gasteiger partial charge in [0.15, 0.2) is 0 Å². The van der Waals surface area contributed by atoms with Gasteiger partial charge in [-0.15, -0.1) is 0 Å². The van der Waals surface area contributed by atoms with Crippen LogP contribution in [0.3, 0.4) is 0 Å². The molecule has 1 aromatic rings.